The summed E-state index contributed by atoms with van der Waals surface area (Å²) in [6.07, 6.45) is 2.30. The van der Waals surface area contributed by atoms with Crippen LogP contribution >= 0.6 is 0 Å². The van der Waals surface area contributed by atoms with Gasteiger partial charge in [0.05, 0.1) is 26.4 Å². The fourth-order valence-electron chi connectivity index (χ4n) is 4.49. The molecule has 4 rings (SSSR count). The molecule has 1 N–H and O–H groups in total. The molecule has 6 nitrogen and oxygen atoms in total. The Labute approximate surface area is 185 Å². The summed E-state index contributed by atoms with van der Waals surface area (Å²) in [7, 11) is 3.81. The molecule has 1 saturated heterocycles. The smallest absolute Gasteiger partial charge is 0.220 e. The fourth-order valence-corrected chi connectivity index (χ4v) is 4.49. The van der Waals surface area contributed by atoms with Crippen molar-refractivity contribution in [2.75, 3.05) is 58.5 Å². The number of benzene rings is 2. The van der Waals surface area contributed by atoms with Crippen LogP contribution in [0.2, 0.25) is 0 Å². The number of carbonyl (C=O) groups is 1. The van der Waals surface area contributed by atoms with E-state index in [0.717, 1.165) is 57.0 Å². The number of rotatable bonds is 8. The lowest BCUT2D eigenvalue weighted by molar-refractivity contribution is -0.121. The first-order valence-corrected chi connectivity index (χ1v) is 11.2. The molecule has 2 aromatic rings. The lowest BCUT2D eigenvalue weighted by atomic mass is 10.00. The molecule has 2 heterocycles. The van der Waals surface area contributed by atoms with Crippen LogP contribution in [0.4, 0.5) is 5.69 Å². The number of carbonyl (C=O) groups excluding carboxylic acids is 1. The quantitative estimate of drug-likeness (QED) is 0.708. The third kappa shape index (κ3) is 5.38. The predicted molar refractivity (Wildman–Crippen MR) is 123 cm³/mol. The third-order valence-corrected chi connectivity index (χ3v) is 6.39. The Morgan fingerprint density at radius 2 is 1.90 bits per heavy atom. The third-order valence-electron chi connectivity index (χ3n) is 6.39. The molecule has 2 aromatic carbocycles. The lowest BCUT2D eigenvalue weighted by Gasteiger charge is -2.35. The van der Waals surface area contributed by atoms with E-state index in [9.17, 15) is 4.79 Å². The minimum atomic E-state index is 0.0926. The van der Waals surface area contributed by atoms with E-state index in [-0.39, 0.29) is 11.9 Å². The second-order valence-electron chi connectivity index (χ2n) is 8.38. The predicted octanol–water partition coefficient (Wildman–Crippen LogP) is 2.81. The van der Waals surface area contributed by atoms with Crippen LogP contribution in [0.5, 0.6) is 5.75 Å². The minimum Gasteiger partial charge on any atom is -0.497 e. The number of morpholine rings is 1. The molecule has 166 valence electrons. The number of aryl methyl sites for hydroxylation is 1. The van der Waals surface area contributed by atoms with E-state index in [1.807, 2.05) is 24.3 Å². The highest BCUT2D eigenvalue weighted by molar-refractivity contribution is 5.76. The largest absolute Gasteiger partial charge is 0.497 e. The number of amides is 1. The number of anilines is 1. The van der Waals surface area contributed by atoms with Gasteiger partial charge in [-0.15, -0.1) is 0 Å². The molecular formula is C25H33N3O3. The number of hydrogen-bond acceptors (Lipinski definition) is 5. The molecule has 2 aliphatic heterocycles. The van der Waals surface area contributed by atoms with E-state index < -0.39 is 0 Å². The van der Waals surface area contributed by atoms with Gasteiger partial charge in [0.2, 0.25) is 5.91 Å². The van der Waals surface area contributed by atoms with Crippen molar-refractivity contribution in [3.63, 3.8) is 0 Å². The molecule has 0 saturated carbocycles. The Hall–Kier alpha value is -2.57. The molecule has 0 radical (unpaired) electrons. The molecule has 31 heavy (non-hydrogen) atoms. The van der Waals surface area contributed by atoms with E-state index >= 15 is 0 Å². The summed E-state index contributed by atoms with van der Waals surface area (Å²) < 4.78 is 10.8. The van der Waals surface area contributed by atoms with Crippen molar-refractivity contribution in [2.45, 2.75) is 25.3 Å². The van der Waals surface area contributed by atoms with Gasteiger partial charge in [0, 0.05) is 45.3 Å². The van der Waals surface area contributed by atoms with Gasteiger partial charge in [-0.2, -0.15) is 0 Å². The van der Waals surface area contributed by atoms with Gasteiger partial charge in [0.1, 0.15) is 5.75 Å². The summed E-state index contributed by atoms with van der Waals surface area (Å²) >= 11 is 0. The Balaban J connectivity index is 1.38. The van der Waals surface area contributed by atoms with Crippen LogP contribution in [0, 0.1) is 0 Å². The van der Waals surface area contributed by atoms with E-state index in [2.05, 4.69) is 40.4 Å². The Bertz CT molecular complexity index is 878. The summed E-state index contributed by atoms with van der Waals surface area (Å²) in [5.41, 5.74) is 5.16. The van der Waals surface area contributed by atoms with E-state index in [0.29, 0.717) is 13.0 Å². The van der Waals surface area contributed by atoms with Crippen LogP contribution in [0.15, 0.2) is 42.5 Å². The molecular weight excluding hydrogens is 390 g/mol. The molecule has 1 fully saturated rings. The van der Waals surface area contributed by atoms with Gasteiger partial charge in [-0.25, -0.2) is 0 Å². The molecule has 2 aliphatic rings. The second kappa shape index (κ2) is 10.2. The molecule has 1 amide bonds. The van der Waals surface area contributed by atoms with E-state index in [1.165, 1.54) is 16.8 Å². The van der Waals surface area contributed by atoms with Gasteiger partial charge in [-0.1, -0.05) is 24.3 Å². The number of methoxy groups -OCH3 is 1. The molecule has 1 unspecified atom stereocenters. The fraction of sp³-hybridized carbons (Fsp3) is 0.480. The molecule has 0 aromatic heterocycles. The zero-order valence-electron chi connectivity index (χ0n) is 18.6. The standard InChI is InChI=1S/C25H33N3O3/c1-27-12-11-21-17-20(6-9-23(21)27)24(28-13-15-31-16-14-28)18-26-25(29)10-5-19-3-7-22(30-2)8-4-19/h3-4,6-9,17,24H,5,10-16,18H2,1-2H3,(H,26,29). The molecule has 0 aliphatic carbocycles. The van der Waals surface area contributed by atoms with E-state index in [4.69, 9.17) is 9.47 Å². The summed E-state index contributed by atoms with van der Waals surface area (Å²) in [4.78, 5) is 17.4. The second-order valence-corrected chi connectivity index (χ2v) is 8.38. The highest BCUT2D eigenvalue weighted by Crippen LogP contribution is 2.31. The SMILES string of the molecule is COc1ccc(CCC(=O)NCC(c2ccc3c(c2)CCN3C)N2CCOCC2)cc1. The first-order valence-electron chi connectivity index (χ1n) is 11.2. The van der Waals surface area contributed by atoms with Crippen molar-refractivity contribution in [1.82, 2.24) is 10.2 Å². The van der Waals surface area contributed by atoms with Crippen molar-refractivity contribution in [3.05, 3.63) is 59.2 Å². The maximum Gasteiger partial charge on any atom is 0.220 e. The lowest BCUT2D eigenvalue weighted by Crippen LogP contribution is -2.43. The molecule has 0 spiro atoms. The zero-order valence-corrected chi connectivity index (χ0v) is 18.6. The van der Waals surface area contributed by atoms with Crippen molar-refractivity contribution in [1.29, 1.82) is 0 Å². The summed E-state index contributed by atoms with van der Waals surface area (Å²) in [6, 6.07) is 14.9. The number of ether oxygens (including phenoxy) is 2. The van der Waals surface area contributed by atoms with E-state index in [1.54, 1.807) is 7.11 Å². The average molecular weight is 424 g/mol. The maximum atomic E-state index is 12.6. The molecule has 0 bridgehead atoms. The Morgan fingerprint density at radius 1 is 1.13 bits per heavy atom. The zero-order chi connectivity index (χ0) is 21.6. The van der Waals surface area contributed by atoms with Gasteiger partial charge in [0.15, 0.2) is 0 Å². The van der Waals surface area contributed by atoms with Gasteiger partial charge >= 0.3 is 0 Å². The van der Waals surface area contributed by atoms with Crippen LogP contribution in [0.1, 0.15) is 29.2 Å². The molecule has 1 atom stereocenters. The van der Waals surface area contributed by atoms with Crippen LogP contribution in [-0.2, 0) is 22.4 Å². The highest BCUT2D eigenvalue weighted by Gasteiger charge is 2.25. The minimum absolute atomic E-state index is 0.0926. The highest BCUT2D eigenvalue weighted by atomic mass is 16.5. The van der Waals surface area contributed by atoms with Crippen molar-refractivity contribution in [3.8, 4) is 5.75 Å². The normalized spacial score (nSPS) is 17.3. The van der Waals surface area contributed by atoms with Crippen molar-refractivity contribution < 1.29 is 14.3 Å². The summed E-state index contributed by atoms with van der Waals surface area (Å²) in [5, 5.41) is 3.19. The van der Waals surface area contributed by atoms with Crippen LogP contribution < -0.4 is 15.0 Å². The Morgan fingerprint density at radius 3 is 2.65 bits per heavy atom. The number of likely N-dealkylation sites (N-methyl/N-ethyl adjacent to an activating group) is 1. The van der Waals surface area contributed by atoms with Crippen molar-refractivity contribution in [2.24, 2.45) is 0 Å². The first-order chi connectivity index (χ1) is 15.1. The topological polar surface area (TPSA) is 54.0 Å². The number of fused-ring (bicyclic) bond motifs is 1. The van der Waals surface area contributed by atoms with Gasteiger partial charge in [-0.05, 0) is 47.7 Å². The van der Waals surface area contributed by atoms with Gasteiger partial charge < -0.3 is 19.7 Å². The Kier molecular flexibility index (Phi) is 7.10. The maximum absolute atomic E-state index is 12.6. The average Bonchev–Trinajstić information content (AvgIpc) is 3.19. The van der Waals surface area contributed by atoms with Crippen molar-refractivity contribution >= 4 is 11.6 Å². The summed E-state index contributed by atoms with van der Waals surface area (Å²) in [6.45, 7) is 4.97. The summed E-state index contributed by atoms with van der Waals surface area (Å²) in [5.74, 6) is 0.928. The molecule has 6 heteroatoms. The van der Waals surface area contributed by atoms with Gasteiger partial charge in [0.25, 0.3) is 0 Å². The number of nitrogens with zero attached hydrogens (tertiary/aromatic N) is 2. The monoisotopic (exact) mass is 423 g/mol. The first kappa shape index (κ1) is 21.7. The van der Waals surface area contributed by atoms with Crippen LogP contribution in [0.25, 0.3) is 0 Å². The van der Waals surface area contributed by atoms with Crippen LogP contribution in [-0.4, -0.2) is 64.4 Å². The van der Waals surface area contributed by atoms with Gasteiger partial charge in [-0.3, -0.25) is 9.69 Å². The number of hydrogen-bond donors (Lipinski definition) is 1. The number of nitrogens with one attached hydrogen (secondary N) is 1. The van der Waals surface area contributed by atoms with Crippen LogP contribution in [0.3, 0.4) is 0 Å².